The van der Waals surface area contributed by atoms with Crippen LogP contribution in [0.2, 0.25) is 5.02 Å². The summed E-state index contributed by atoms with van der Waals surface area (Å²) >= 11 is 5.68. The number of carbonyl (C=O) groups is 1. The number of amides is 1. The Hall–Kier alpha value is -2.31. The fourth-order valence-electron chi connectivity index (χ4n) is 2.56. The molecule has 27 heavy (non-hydrogen) atoms. The van der Waals surface area contributed by atoms with Crippen LogP contribution in [0.15, 0.2) is 42.5 Å². The molecule has 0 aliphatic heterocycles. The first-order valence-corrected chi connectivity index (χ1v) is 8.89. The molecule has 0 N–H and O–H groups in total. The normalized spacial score (nSPS) is 12.0. The van der Waals surface area contributed by atoms with Gasteiger partial charge in [0.1, 0.15) is 17.3 Å². The molecule has 146 valence electrons. The molecule has 2 aromatic rings. The Kier molecular flexibility index (Phi) is 7.45. The molecule has 1 unspecified atom stereocenters. The molecule has 7 heteroatoms. The van der Waals surface area contributed by atoms with E-state index in [1.807, 2.05) is 32.3 Å². The van der Waals surface area contributed by atoms with Gasteiger partial charge in [-0.15, -0.1) is 0 Å². The topological polar surface area (TPSA) is 42.0 Å². The Morgan fingerprint density at radius 2 is 1.85 bits per heavy atom. The lowest BCUT2D eigenvalue weighted by atomic mass is 10.0. The van der Waals surface area contributed by atoms with Crippen LogP contribution >= 0.6 is 11.6 Å². The van der Waals surface area contributed by atoms with Crippen molar-refractivity contribution >= 4 is 17.7 Å². The Morgan fingerprint density at radius 3 is 2.48 bits per heavy atom. The van der Waals surface area contributed by atoms with E-state index in [4.69, 9.17) is 21.1 Å². The summed E-state index contributed by atoms with van der Waals surface area (Å²) < 4.78 is 24.5. The lowest BCUT2D eigenvalue weighted by molar-refractivity contribution is 0.171. The molecule has 0 fully saturated rings. The number of rotatable bonds is 7. The number of ether oxygens (including phenoxy) is 2. The van der Waals surface area contributed by atoms with E-state index in [0.717, 1.165) is 5.56 Å². The minimum Gasteiger partial charge on any atom is -0.493 e. The van der Waals surface area contributed by atoms with Crippen LogP contribution in [0.3, 0.4) is 0 Å². The average molecular weight is 395 g/mol. The first-order chi connectivity index (χ1) is 12.8. The number of nitrogens with zero attached hydrogens (tertiary/aromatic N) is 2. The van der Waals surface area contributed by atoms with Gasteiger partial charge in [-0.2, -0.15) is 0 Å². The van der Waals surface area contributed by atoms with Gasteiger partial charge < -0.3 is 19.3 Å². The van der Waals surface area contributed by atoms with Gasteiger partial charge >= 0.3 is 6.09 Å². The minimum absolute atomic E-state index is 0.0418. The fraction of sp³-hybridized carbons (Fsp3) is 0.350. The van der Waals surface area contributed by atoms with E-state index in [2.05, 4.69) is 4.90 Å². The molecule has 0 aliphatic carbocycles. The van der Waals surface area contributed by atoms with Gasteiger partial charge in [0.2, 0.25) is 0 Å². The van der Waals surface area contributed by atoms with Gasteiger partial charge in [0.25, 0.3) is 0 Å². The summed E-state index contributed by atoms with van der Waals surface area (Å²) in [7, 11) is 7.19. The molecule has 1 atom stereocenters. The molecule has 0 spiro atoms. The molecule has 2 aromatic carbocycles. The SMILES string of the molecule is CN(C)C(=O)Oc1cccc(C(CCOc2ccc(Cl)c(F)c2)N(C)C)c1. The van der Waals surface area contributed by atoms with Crippen LogP contribution in [0.5, 0.6) is 11.5 Å². The monoisotopic (exact) mass is 394 g/mol. The van der Waals surface area contributed by atoms with E-state index in [1.54, 1.807) is 26.2 Å². The molecule has 0 aliphatic rings. The Labute approximate surface area is 164 Å². The molecule has 0 saturated carbocycles. The number of benzene rings is 2. The highest BCUT2D eigenvalue weighted by Gasteiger charge is 2.16. The molecular weight excluding hydrogens is 371 g/mol. The zero-order valence-corrected chi connectivity index (χ0v) is 16.7. The zero-order chi connectivity index (χ0) is 20.0. The van der Waals surface area contributed by atoms with Crippen LogP contribution in [0.4, 0.5) is 9.18 Å². The number of halogens is 2. The van der Waals surface area contributed by atoms with Crippen molar-refractivity contribution in [2.45, 2.75) is 12.5 Å². The second-order valence-electron chi connectivity index (χ2n) is 6.53. The summed E-state index contributed by atoms with van der Waals surface area (Å²) in [5, 5.41) is 0.0672. The van der Waals surface area contributed by atoms with Crippen LogP contribution < -0.4 is 9.47 Å². The van der Waals surface area contributed by atoms with E-state index in [0.29, 0.717) is 24.5 Å². The van der Waals surface area contributed by atoms with E-state index < -0.39 is 11.9 Å². The molecule has 0 heterocycles. The summed E-state index contributed by atoms with van der Waals surface area (Å²) in [6, 6.07) is 11.8. The van der Waals surface area contributed by atoms with Crippen molar-refractivity contribution < 1.29 is 18.7 Å². The fourth-order valence-corrected chi connectivity index (χ4v) is 2.67. The van der Waals surface area contributed by atoms with Crippen molar-refractivity contribution in [3.8, 4) is 11.5 Å². The van der Waals surface area contributed by atoms with Crippen LogP contribution in [0.25, 0.3) is 0 Å². The van der Waals surface area contributed by atoms with Gasteiger partial charge in [-0.25, -0.2) is 9.18 Å². The zero-order valence-electron chi connectivity index (χ0n) is 15.9. The van der Waals surface area contributed by atoms with E-state index in [1.165, 1.54) is 17.0 Å². The quantitative estimate of drug-likeness (QED) is 0.687. The van der Waals surface area contributed by atoms with E-state index in [9.17, 15) is 9.18 Å². The van der Waals surface area contributed by atoms with Gasteiger partial charge in [0.15, 0.2) is 0 Å². The van der Waals surface area contributed by atoms with Gasteiger partial charge in [0.05, 0.1) is 11.6 Å². The molecular formula is C20H24ClFN2O3. The van der Waals surface area contributed by atoms with Crippen molar-refractivity contribution in [1.29, 1.82) is 0 Å². The van der Waals surface area contributed by atoms with E-state index >= 15 is 0 Å². The first-order valence-electron chi connectivity index (χ1n) is 8.51. The van der Waals surface area contributed by atoms with E-state index in [-0.39, 0.29) is 11.1 Å². The van der Waals surface area contributed by atoms with Crippen LogP contribution in [0, 0.1) is 5.82 Å². The lowest BCUT2D eigenvalue weighted by Crippen LogP contribution is -2.25. The maximum absolute atomic E-state index is 13.5. The smallest absolute Gasteiger partial charge is 0.414 e. The van der Waals surface area contributed by atoms with Gasteiger partial charge in [-0.05, 0) is 43.9 Å². The Bertz CT molecular complexity index is 784. The molecule has 1 amide bonds. The van der Waals surface area contributed by atoms with Crippen molar-refractivity contribution in [2.24, 2.45) is 0 Å². The molecule has 2 rings (SSSR count). The second-order valence-corrected chi connectivity index (χ2v) is 6.93. The van der Waals surface area contributed by atoms with Crippen molar-refractivity contribution in [3.63, 3.8) is 0 Å². The van der Waals surface area contributed by atoms with Crippen LogP contribution in [0.1, 0.15) is 18.0 Å². The molecule has 0 radical (unpaired) electrons. The molecule has 0 bridgehead atoms. The third kappa shape index (κ3) is 6.12. The summed E-state index contributed by atoms with van der Waals surface area (Å²) in [6.45, 7) is 0.394. The van der Waals surface area contributed by atoms with Gasteiger partial charge in [-0.1, -0.05) is 23.7 Å². The third-order valence-corrected chi connectivity index (χ3v) is 4.29. The summed E-state index contributed by atoms with van der Waals surface area (Å²) in [4.78, 5) is 15.2. The highest BCUT2D eigenvalue weighted by molar-refractivity contribution is 6.30. The predicted octanol–water partition coefficient (Wildman–Crippen LogP) is 4.61. The molecule has 5 nitrogen and oxygen atoms in total. The van der Waals surface area contributed by atoms with Crippen molar-refractivity contribution in [3.05, 3.63) is 58.9 Å². The third-order valence-electron chi connectivity index (χ3n) is 3.99. The van der Waals surface area contributed by atoms with Gasteiger partial charge in [0, 0.05) is 32.6 Å². The van der Waals surface area contributed by atoms with Crippen molar-refractivity contribution in [2.75, 3.05) is 34.8 Å². The molecule has 0 saturated heterocycles. The number of hydrogen-bond donors (Lipinski definition) is 0. The average Bonchev–Trinajstić information content (AvgIpc) is 2.61. The highest BCUT2D eigenvalue weighted by Crippen LogP contribution is 2.27. The summed E-state index contributed by atoms with van der Waals surface area (Å²) in [5.74, 6) is 0.413. The van der Waals surface area contributed by atoms with Crippen LogP contribution in [-0.4, -0.2) is 50.7 Å². The predicted molar refractivity (Wildman–Crippen MR) is 104 cm³/mol. The molecule has 0 aromatic heterocycles. The Balaban J connectivity index is 2.04. The number of carbonyl (C=O) groups excluding carboxylic acids is 1. The maximum atomic E-state index is 13.5. The summed E-state index contributed by atoms with van der Waals surface area (Å²) in [5.41, 5.74) is 0.995. The van der Waals surface area contributed by atoms with Gasteiger partial charge in [-0.3, -0.25) is 0 Å². The summed E-state index contributed by atoms with van der Waals surface area (Å²) in [6.07, 6.45) is 0.240. The van der Waals surface area contributed by atoms with Crippen molar-refractivity contribution in [1.82, 2.24) is 9.80 Å². The number of hydrogen-bond acceptors (Lipinski definition) is 4. The maximum Gasteiger partial charge on any atom is 0.414 e. The highest BCUT2D eigenvalue weighted by atomic mass is 35.5. The Morgan fingerprint density at radius 1 is 1.11 bits per heavy atom. The first kappa shape index (κ1) is 21.0. The second kappa shape index (κ2) is 9.58. The van der Waals surface area contributed by atoms with Crippen LogP contribution in [-0.2, 0) is 0 Å². The standard InChI is InChI=1S/C20H24ClFN2O3/c1-23(2)19(10-11-26-15-8-9-17(21)18(22)13-15)14-6-5-7-16(12-14)27-20(25)24(3)4/h5-9,12-13,19H,10-11H2,1-4H3. The minimum atomic E-state index is -0.506. The largest absolute Gasteiger partial charge is 0.493 e. The lowest BCUT2D eigenvalue weighted by Gasteiger charge is -2.25.